The Morgan fingerprint density at radius 3 is 2.28 bits per heavy atom. The van der Waals surface area contributed by atoms with Crippen LogP contribution >= 0.6 is 0 Å². The normalized spacial score (nSPS) is 22.9. The van der Waals surface area contributed by atoms with Gasteiger partial charge < -0.3 is 14.7 Å². The second kappa shape index (κ2) is 7.68. The molecule has 0 saturated carbocycles. The molecule has 0 N–H and O–H groups in total. The van der Waals surface area contributed by atoms with E-state index in [4.69, 9.17) is 0 Å². The van der Waals surface area contributed by atoms with Gasteiger partial charge in [0.05, 0.1) is 12.1 Å². The Morgan fingerprint density at radius 1 is 1.10 bits per heavy atom. The van der Waals surface area contributed by atoms with E-state index in [1.807, 2.05) is 13.8 Å². The van der Waals surface area contributed by atoms with Crippen LogP contribution in [0.15, 0.2) is 24.3 Å². The minimum atomic E-state index is -4.47. The Hall–Kier alpha value is -2.58. The molecule has 29 heavy (non-hydrogen) atoms. The molecule has 0 bridgehead atoms. The predicted octanol–water partition coefficient (Wildman–Crippen LogP) is 2.25. The summed E-state index contributed by atoms with van der Waals surface area (Å²) in [5, 5.41) is 0. The number of hydrogen-bond donors (Lipinski definition) is 0. The van der Waals surface area contributed by atoms with Gasteiger partial charge in [0, 0.05) is 25.7 Å². The Morgan fingerprint density at radius 2 is 1.72 bits per heavy atom. The first-order valence-corrected chi connectivity index (χ1v) is 9.54. The van der Waals surface area contributed by atoms with Gasteiger partial charge in [0.1, 0.15) is 12.1 Å². The minimum Gasteiger partial charge on any atom is -0.334 e. The number of hydrogen-bond acceptors (Lipinski definition) is 3. The van der Waals surface area contributed by atoms with Gasteiger partial charge in [-0.15, -0.1) is 0 Å². The maximum absolute atomic E-state index is 12.9. The molecule has 2 saturated heterocycles. The fourth-order valence-corrected chi connectivity index (χ4v) is 3.88. The summed E-state index contributed by atoms with van der Waals surface area (Å²) < 4.78 is 38.1. The number of amides is 3. The molecule has 158 valence electrons. The van der Waals surface area contributed by atoms with Crippen molar-refractivity contribution < 1.29 is 27.6 Å². The number of piperazine rings is 2. The molecule has 1 aromatic carbocycles. The average molecular weight is 411 g/mol. The summed E-state index contributed by atoms with van der Waals surface area (Å²) in [6.45, 7) is 4.46. The standard InChI is InChI=1S/C20H24F3N3O3/c1-12(2)10-15-19(29)26-9-8-25(11-16(26)18(28)24(15)3)17(27)13-4-6-14(7-5-13)20(21,22)23/h4-7,12,15-16H,8-11H2,1-3H3/t15-,16+/m0/s1. The van der Waals surface area contributed by atoms with Crippen molar-refractivity contribution in [3.63, 3.8) is 0 Å². The zero-order chi connectivity index (χ0) is 21.5. The highest BCUT2D eigenvalue weighted by atomic mass is 19.4. The van der Waals surface area contributed by atoms with Crippen LogP contribution in [0.3, 0.4) is 0 Å². The monoisotopic (exact) mass is 411 g/mol. The molecule has 2 atom stereocenters. The van der Waals surface area contributed by atoms with Crippen LogP contribution in [0.2, 0.25) is 0 Å². The van der Waals surface area contributed by atoms with Crippen molar-refractivity contribution in [2.75, 3.05) is 26.7 Å². The Bertz CT molecular complexity index is 807. The van der Waals surface area contributed by atoms with Crippen LogP contribution in [0.4, 0.5) is 13.2 Å². The van der Waals surface area contributed by atoms with Crippen LogP contribution in [0.5, 0.6) is 0 Å². The number of carbonyl (C=O) groups excluding carboxylic acids is 3. The Balaban J connectivity index is 1.74. The van der Waals surface area contributed by atoms with Crippen molar-refractivity contribution in [2.24, 2.45) is 5.92 Å². The molecule has 2 heterocycles. The highest BCUT2D eigenvalue weighted by molar-refractivity contribution is 5.99. The van der Waals surface area contributed by atoms with Gasteiger partial charge in [-0.2, -0.15) is 13.2 Å². The third kappa shape index (κ3) is 4.09. The van der Waals surface area contributed by atoms with E-state index >= 15 is 0 Å². The first kappa shape index (κ1) is 21.1. The van der Waals surface area contributed by atoms with Gasteiger partial charge in [0.15, 0.2) is 0 Å². The second-order valence-corrected chi connectivity index (χ2v) is 7.97. The summed E-state index contributed by atoms with van der Waals surface area (Å²) in [5.74, 6) is -0.545. The topological polar surface area (TPSA) is 60.9 Å². The van der Waals surface area contributed by atoms with Gasteiger partial charge in [0.25, 0.3) is 5.91 Å². The molecule has 0 aromatic heterocycles. The molecular formula is C20H24F3N3O3. The van der Waals surface area contributed by atoms with Crippen LogP contribution in [0.1, 0.15) is 36.2 Å². The number of nitrogens with zero attached hydrogens (tertiary/aromatic N) is 3. The molecule has 0 aliphatic carbocycles. The third-order valence-electron chi connectivity index (χ3n) is 5.49. The van der Waals surface area contributed by atoms with Gasteiger partial charge in [-0.1, -0.05) is 13.8 Å². The van der Waals surface area contributed by atoms with E-state index in [9.17, 15) is 27.6 Å². The third-order valence-corrected chi connectivity index (χ3v) is 5.49. The lowest BCUT2D eigenvalue weighted by molar-refractivity contribution is -0.163. The van der Waals surface area contributed by atoms with E-state index in [1.54, 1.807) is 7.05 Å². The number of alkyl halides is 3. The van der Waals surface area contributed by atoms with E-state index in [1.165, 1.54) is 14.7 Å². The van der Waals surface area contributed by atoms with Crippen LogP contribution in [0.25, 0.3) is 0 Å². The van der Waals surface area contributed by atoms with Gasteiger partial charge in [-0.05, 0) is 36.6 Å². The number of carbonyl (C=O) groups is 3. The van der Waals surface area contributed by atoms with Crippen molar-refractivity contribution in [2.45, 2.75) is 38.5 Å². The van der Waals surface area contributed by atoms with Crippen molar-refractivity contribution in [3.8, 4) is 0 Å². The van der Waals surface area contributed by atoms with Gasteiger partial charge in [0.2, 0.25) is 11.8 Å². The molecule has 2 aliphatic rings. The van der Waals surface area contributed by atoms with Crippen LogP contribution < -0.4 is 0 Å². The van der Waals surface area contributed by atoms with Crippen LogP contribution in [-0.4, -0.2) is 71.2 Å². The van der Waals surface area contributed by atoms with Crippen molar-refractivity contribution in [1.82, 2.24) is 14.7 Å². The first-order valence-electron chi connectivity index (χ1n) is 9.54. The summed E-state index contributed by atoms with van der Waals surface area (Å²) >= 11 is 0. The summed E-state index contributed by atoms with van der Waals surface area (Å²) in [5.41, 5.74) is -0.711. The highest BCUT2D eigenvalue weighted by Gasteiger charge is 2.47. The number of likely N-dealkylation sites (N-methyl/N-ethyl adjacent to an activating group) is 1. The van der Waals surface area contributed by atoms with Crippen LogP contribution in [-0.2, 0) is 15.8 Å². The SMILES string of the molecule is CC(C)C[C@H]1C(=O)N2CCN(C(=O)c3ccc(C(F)(F)F)cc3)C[C@@H]2C(=O)N1C. The smallest absolute Gasteiger partial charge is 0.334 e. The molecule has 9 heteroatoms. The van der Waals surface area contributed by atoms with Gasteiger partial charge in [-0.3, -0.25) is 14.4 Å². The average Bonchev–Trinajstić information content (AvgIpc) is 2.68. The molecule has 6 nitrogen and oxygen atoms in total. The van der Waals surface area contributed by atoms with Crippen molar-refractivity contribution in [1.29, 1.82) is 0 Å². The Labute approximate surface area is 167 Å². The quantitative estimate of drug-likeness (QED) is 0.767. The van der Waals surface area contributed by atoms with Crippen molar-refractivity contribution >= 4 is 17.7 Å². The zero-order valence-corrected chi connectivity index (χ0v) is 16.6. The molecule has 3 amide bonds. The predicted molar refractivity (Wildman–Crippen MR) is 98.9 cm³/mol. The summed E-state index contributed by atoms with van der Waals surface area (Å²) in [4.78, 5) is 42.8. The van der Waals surface area contributed by atoms with Crippen molar-refractivity contribution in [3.05, 3.63) is 35.4 Å². The van der Waals surface area contributed by atoms with E-state index in [-0.39, 0.29) is 42.9 Å². The molecule has 0 radical (unpaired) electrons. The molecule has 0 spiro atoms. The number of benzene rings is 1. The maximum Gasteiger partial charge on any atom is 0.416 e. The summed E-state index contributed by atoms with van der Waals surface area (Å²) in [6.07, 6.45) is -3.91. The first-order chi connectivity index (χ1) is 13.5. The van der Waals surface area contributed by atoms with E-state index < -0.39 is 29.7 Å². The molecule has 2 fully saturated rings. The number of rotatable bonds is 3. The van der Waals surface area contributed by atoms with E-state index in [2.05, 4.69) is 0 Å². The largest absolute Gasteiger partial charge is 0.416 e. The lowest BCUT2D eigenvalue weighted by Gasteiger charge is -2.48. The fourth-order valence-electron chi connectivity index (χ4n) is 3.88. The number of fused-ring (bicyclic) bond motifs is 1. The number of halogens is 3. The minimum absolute atomic E-state index is 0.0309. The van der Waals surface area contributed by atoms with Gasteiger partial charge in [-0.25, -0.2) is 0 Å². The summed E-state index contributed by atoms with van der Waals surface area (Å²) in [6, 6.07) is 2.73. The molecule has 3 rings (SSSR count). The Kier molecular flexibility index (Phi) is 5.60. The second-order valence-electron chi connectivity index (χ2n) is 7.97. The maximum atomic E-state index is 12.9. The zero-order valence-electron chi connectivity index (χ0n) is 16.6. The molecule has 2 aliphatic heterocycles. The summed E-state index contributed by atoms with van der Waals surface area (Å²) in [7, 11) is 1.60. The lowest BCUT2D eigenvalue weighted by atomic mass is 9.95. The van der Waals surface area contributed by atoms with E-state index in [0.29, 0.717) is 6.42 Å². The lowest BCUT2D eigenvalue weighted by Crippen LogP contribution is -2.69. The van der Waals surface area contributed by atoms with E-state index in [0.717, 1.165) is 24.3 Å². The molecule has 1 aromatic rings. The molecular weight excluding hydrogens is 387 g/mol. The van der Waals surface area contributed by atoms with Crippen LogP contribution in [0, 0.1) is 5.92 Å². The fraction of sp³-hybridized carbons (Fsp3) is 0.550. The highest BCUT2D eigenvalue weighted by Crippen LogP contribution is 2.30. The molecule has 0 unspecified atom stereocenters. The van der Waals surface area contributed by atoms with Gasteiger partial charge >= 0.3 is 6.18 Å².